The lowest BCUT2D eigenvalue weighted by Gasteiger charge is -2.24. The first-order valence-corrected chi connectivity index (χ1v) is 7.93. The second-order valence-electron chi connectivity index (χ2n) is 6.55. The highest BCUT2D eigenvalue weighted by molar-refractivity contribution is 5.76. The second-order valence-corrected chi connectivity index (χ2v) is 6.55. The van der Waals surface area contributed by atoms with Crippen molar-refractivity contribution >= 4 is 5.91 Å². The molecule has 3 fully saturated rings. The molecule has 108 valence electrons. The summed E-state index contributed by atoms with van der Waals surface area (Å²) in [5.41, 5.74) is 0. The molecule has 2 saturated heterocycles. The maximum absolute atomic E-state index is 12.2. The van der Waals surface area contributed by atoms with Gasteiger partial charge in [0.1, 0.15) is 0 Å². The maximum atomic E-state index is 12.2. The Morgan fingerprint density at radius 3 is 2.84 bits per heavy atom. The molecule has 1 aliphatic carbocycles. The van der Waals surface area contributed by atoms with E-state index in [1.54, 1.807) is 0 Å². The number of rotatable bonds is 3. The topological polar surface area (TPSA) is 52.6 Å². The highest BCUT2D eigenvalue weighted by atomic mass is 16.3. The SMILES string of the molecule is O=C(CCC1CCCCN1)N1CC2CCC(O)C2C1. The molecule has 4 heteroatoms. The summed E-state index contributed by atoms with van der Waals surface area (Å²) in [4.78, 5) is 14.2. The van der Waals surface area contributed by atoms with Crippen LogP contribution in [0.25, 0.3) is 0 Å². The van der Waals surface area contributed by atoms with Crippen LogP contribution >= 0.6 is 0 Å². The highest BCUT2D eigenvalue weighted by Crippen LogP contribution is 2.38. The third kappa shape index (κ3) is 2.95. The zero-order valence-corrected chi connectivity index (χ0v) is 11.7. The Bertz CT molecular complexity index is 328. The first kappa shape index (κ1) is 13.4. The van der Waals surface area contributed by atoms with Crippen LogP contribution in [0.1, 0.15) is 44.9 Å². The molecule has 1 amide bonds. The molecule has 0 spiro atoms. The number of nitrogens with one attached hydrogen (secondary N) is 1. The maximum Gasteiger partial charge on any atom is 0.222 e. The fraction of sp³-hybridized carbons (Fsp3) is 0.933. The molecular formula is C15H26N2O2. The zero-order chi connectivity index (χ0) is 13.2. The average molecular weight is 266 g/mol. The summed E-state index contributed by atoms with van der Waals surface area (Å²) in [7, 11) is 0. The van der Waals surface area contributed by atoms with Crippen molar-refractivity contribution in [1.29, 1.82) is 0 Å². The molecule has 4 unspecified atom stereocenters. The largest absolute Gasteiger partial charge is 0.393 e. The van der Waals surface area contributed by atoms with Gasteiger partial charge in [-0.25, -0.2) is 0 Å². The average Bonchev–Trinajstić information content (AvgIpc) is 3.00. The molecule has 2 N–H and O–H groups in total. The van der Waals surface area contributed by atoms with Crippen LogP contribution in [-0.2, 0) is 4.79 Å². The van der Waals surface area contributed by atoms with E-state index >= 15 is 0 Å². The number of hydrogen-bond acceptors (Lipinski definition) is 3. The van der Waals surface area contributed by atoms with Crippen LogP contribution in [0, 0.1) is 11.8 Å². The fourth-order valence-electron chi connectivity index (χ4n) is 4.07. The lowest BCUT2D eigenvalue weighted by molar-refractivity contribution is -0.130. The van der Waals surface area contributed by atoms with E-state index in [4.69, 9.17) is 0 Å². The van der Waals surface area contributed by atoms with Gasteiger partial charge in [0.05, 0.1) is 6.10 Å². The highest BCUT2D eigenvalue weighted by Gasteiger charge is 2.43. The number of fused-ring (bicyclic) bond motifs is 1. The predicted molar refractivity (Wildman–Crippen MR) is 73.7 cm³/mol. The second kappa shape index (κ2) is 5.80. The van der Waals surface area contributed by atoms with Gasteiger partial charge in [0.25, 0.3) is 0 Å². The Balaban J connectivity index is 1.44. The van der Waals surface area contributed by atoms with Gasteiger partial charge in [0.2, 0.25) is 5.91 Å². The Morgan fingerprint density at radius 2 is 2.11 bits per heavy atom. The Morgan fingerprint density at radius 1 is 1.21 bits per heavy atom. The van der Waals surface area contributed by atoms with Gasteiger partial charge < -0.3 is 15.3 Å². The van der Waals surface area contributed by atoms with Gasteiger partial charge in [-0.15, -0.1) is 0 Å². The zero-order valence-electron chi connectivity index (χ0n) is 11.7. The van der Waals surface area contributed by atoms with Crippen LogP contribution in [0.4, 0.5) is 0 Å². The van der Waals surface area contributed by atoms with Crippen molar-refractivity contribution in [3.05, 3.63) is 0 Å². The van der Waals surface area contributed by atoms with Gasteiger partial charge in [-0.05, 0) is 44.6 Å². The molecule has 0 bridgehead atoms. The van der Waals surface area contributed by atoms with E-state index in [2.05, 4.69) is 5.32 Å². The predicted octanol–water partition coefficient (Wildman–Crippen LogP) is 1.14. The van der Waals surface area contributed by atoms with Crippen LogP contribution in [0.2, 0.25) is 0 Å². The van der Waals surface area contributed by atoms with Crippen molar-refractivity contribution in [1.82, 2.24) is 10.2 Å². The molecule has 2 aliphatic heterocycles. The number of nitrogens with zero attached hydrogens (tertiary/aromatic N) is 1. The number of hydrogen-bond donors (Lipinski definition) is 2. The van der Waals surface area contributed by atoms with Crippen LogP contribution < -0.4 is 5.32 Å². The Hall–Kier alpha value is -0.610. The summed E-state index contributed by atoms with van der Waals surface area (Å²) < 4.78 is 0. The molecule has 3 aliphatic rings. The first-order chi connectivity index (χ1) is 9.24. The van der Waals surface area contributed by atoms with Gasteiger partial charge >= 0.3 is 0 Å². The summed E-state index contributed by atoms with van der Waals surface area (Å²) >= 11 is 0. The van der Waals surface area contributed by atoms with Crippen LogP contribution in [-0.4, -0.2) is 47.7 Å². The number of aliphatic hydroxyl groups excluding tert-OH is 1. The van der Waals surface area contributed by atoms with E-state index in [0.717, 1.165) is 38.9 Å². The number of aliphatic hydroxyl groups is 1. The standard InChI is InChI=1S/C15H26N2O2/c18-14-6-4-11-9-17(10-13(11)14)15(19)7-5-12-3-1-2-8-16-12/h11-14,16,18H,1-10H2. The summed E-state index contributed by atoms with van der Waals surface area (Å²) in [6.07, 6.45) is 7.31. The van der Waals surface area contributed by atoms with E-state index in [1.165, 1.54) is 19.3 Å². The van der Waals surface area contributed by atoms with E-state index in [0.29, 0.717) is 30.2 Å². The molecule has 4 nitrogen and oxygen atoms in total. The molecule has 3 rings (SSSR count). The van der Waals surface area contributed by atoms with Crippen molar-refractivity contribution in [2.45, 2.75) is 57.1 Å². The van der Waals surface area contributed by atoms with Crippen LogP contribution in [0.3, 0.4) is 0 Å². The summed E-state index contributed by atoms with van der Waals surface area (Å²) in [5.74, 6) is 1.22. The lowest BCUT2D eigenvalue weighted by atomic mass is 10.00. The van der Waals surface area contributed by atoms with Gasteiger partial charge in [-0.1, -0.05) is 6.42 Å². The van der Waals surface area contributed by atoms with Crippen molar-refractivity contribution in [2.75, 3.05) is 19.6 Å². The lowest BCUT2D eigenvalue weighted by Crippen LogP contribution is -2.36. The molecular weight excluding hydrogens is 240 g/mol. The number of piperidine rings is 1. The molecule has 4 atom stereocenters. The molecule has 2 heterocycles. The number of amides is 1. The third-order valence-electron chi connectivity index (χ3n) is 5.29. The van der Waals surface area contributed by atoms with E-state index in [9.17, 15) is 9.90 Å². The molecule has 0 aromatic heterocycles. The number of carbonyl (C=O) groups excluding carboxylic acids is 1. The summed E-state index contributed by atoms with van der Waals surface area (Å²) in [5, 5.41) is 13.4. The molecule has 0 radical (unpaired) electrons. The molecule has 1 saturated carbocycles. The van der Waals surface area contributed by atoms with Crippen LogP contribution in [0.5, 0.6) is 0 Å². The van der Waals surface area contributed by atoms with Crippen molar-refractivity contribution in [2.24, 2.45) is 11.8 Å². The Labute approximate surface area is 115 Å². The quantitative estimate of drug-likeness (QED) is 0.805. The van der Waals surface area contributed by atoms with E-state index in [-0.39, 0.29) is 6.10 Å². The van der Waals surface area contributed by atoms with Gasteiger partial charge in [0.15, 0.2) is 0 Å². The van der Waals surface area contributed by atoms with Gasteiger partial charge in [-0.2, -0.15) is 0 Å². The first-order valence-electron chi connectivity index (χ1n) is 7.93. The smallest absolute Gasteiger partial charge is 0.222 e. The van der Waals surface area contributed by atoms with Crippen LogP contribution in [0.15, 0.2) is 0 Å². The minimum atomic E-state index is -0.164. The van der Waals surface area contributed by atoms with Gasteiger partial charge in [-0.3, -0.25) is 4.79 Å². The Kier molecular flexibility index (Phi) is 4.08. The van der Waals surface area contributed by atoms with Crippen molar-refractivity contribution in [3.8, 4) is 0 Å². The summed E-state index contributed by atoms with van der Waals surface area (Å²) in [6.45, 7) is 2.79. The number of likely N-dealkylation sites (tertiary alicyclic amines) is 1. The number of carbonyl (C=O) groups is 1. The van der Waals surface area contributed by atoms with E-state index in [1.807, 2.05) is 4.90 Å². The van der Waals surface area contributed by atoms with Crippen molar-refractivity contribution < 1.29 is 9.90 Å². The normalized spacial score (nSPS) is 38.5. The molecule has 0 aromatic carbocycles. The molecule has 0 aromatic rings. The van der Waals surface area contributed by atoms with Crippen molar-refractivity contribution in [3.63, 3.8) is 0 Å². The van der Waals surface area contributed by atoms with Gasteiger partial charge in [0, 0.05) is 31.5 Å². The fourth-order valence-corrected chi connectivity index (χ4v) is 4.07. The summed E-state index contributed by atoms with van der Waals surface area (Å²) in [6, 6.07) is 0.547. The van der Waals surface area contributed by atoms with E-state index < -0.39 is 0 Å². The monoisotopic (exact) mass is 266 g/mol. The molecule has 19 heavy (non-hydrogen) atoms. The third-order valence-corrected chi connectivity index (χ3v) is 5.29. The minimum absolute atomic E-state index is 0.164. The minimum Gasteiger partial charge on any atom is -0.393 e.